The van der Waals surface area contributed by atoms with Crippen LogP contribution in [0.2, 0.25) is 0 Å². The van der Waals surface area contributed by atoms with Gasteiger partial charge >= 0.3 is 6.18 Å². The van der Waals surface area contributed by atoms with E-state index in [1.807, 2.05) is 0 Å². The Hall–Kier alpha value is -0.880. The van der Waals surface area contributed by atoms with E-state index in [0.29, 0.717) is 11.7 Å². The number of rotatable bonds is 6. The third-order valence-electron chi connectivity index (χ3n) is 3.58. The standard InChI is InChI=1S/C15H20F3NOS/c1-2-21-10-14(11-7-8-19-9-11)20-13-5-3-12(4-6-13)15(16,17)18/h3-6,11,14,19H,2,7-10H2,1H3/t11?,14-/m0/s1. The number of benzene rings is 1. The molecule has 21 heavy (non-hydrogen) atoms. The summed E-state index contributed by atoms with van der Waals surface area (Å²) >= 11 is 1.80. The van der Waals surface area contributed by atoms with Crippen LogP contribution in [0.15, 0.2) is 24.3 Å². The molecule has 1 N–H and O–H groups in total. The van der Waals surface area contributed by atoms with Gasteiger partial charge in [-0.05, 0) is 43.0 Å². The van der Waals surface area contributed by atoms with Crippen molar-refractivity contribution in [2.24, 2.45) is 5.92 Å². The van der Waals surface area contributed by atoms with Gasteiger partial charge in [-0.2, -0.15) is 24.9 Å². The van der Waals surface area contributed by atoms with Gasteiger partial charge in [-0.3, -0.25) is 0 Å². The average molecular weight is 319 g/mol. The van der Waals surface area contributed by atoms with Gasteiger partial charge in [0, 0.05) is 18.2 Å². The zero-order valence-corrected chi connectivity index (χ0v) is 12.8. The molecule has 2 nitrogen and oxygen atoms in total. The van der Waals surface area contributed by atoms with Crippen LogP contribution in [-0.4, -0.2) is 30.7 Å². The second kappa shape index (κ2) is 7.40. The Balaban J connectivity index is 2.01. The van der Waals surface area contributed by atoms with E-state index >= 15 is 0 Å². The first-order valence-electron chi connectivity index (χ1n) is 7.13. The molecule has 0 aromatic heterocycles. The fourth-order valence-electron chi connectivity index (χ4n) is 2.39. The Morgan fingerprint density at radius 2 is 2.05 bits per heavy atom. The number of halogens is 3. The van der Waals surface area contributed by atoms with Crippen molar-refractivity contribution in [3.63, 3.8) is 0 Å². The highest BCUT2D eigenvalue weighted by atomic mass is 32.2. The Labute approximate surface area is 127 Å². The van der Waals surface area contributed by atoms with Crippen LogP contribution in [0.1, 0.15) is 18.9 Å². The van der Waals surface area contributed by atoms with Crippen LogP contribution in [0.5, 0.6) is 5.75 Å². The first kappa shape index (κ1) is 16.5. The Morgan fingerprint density at radius 3 is 2.57 bits per heavy atom. The van der Waals surface area contributed by atoms with Crippen molar-refractivity contribution >= 4 is 11.8 Å². The normalized spacial score (nSPS) is 20.5. The van der Waals surface area contributed by atoms with Crippen LogP contribution in [0.3, 0.4) is 0 Å². The maximum Gasteiger partial charge on any atom is 0.416 e. The van der Waals surface area contributed by atoms with E-state index in [0.717, 1.165) is 43.1 Å². The number of alkyl halides is 3. The van der Waals surface area contributed by atoms with Crippen molar-refractivity contribution in [2.45, 2.75) is 25.6 Å². The third kappa shape index (κ3) is 4.81. The third-order valence-corrected chi connectivity index (χ3v) is 4.55. The first-order valence-corrected chi connectivity index (χ1v) is 8.28. The van der Waals surface area contributed by atoms with Crippen LogP contribution < -0.4 is 10.1 Å². The van der Waals surface area contributed by atoms with Gasteiger partial charge in [-0.1, -0.05) is 6.92 Å². The molecule has 1 aromatic rings. The molecule has 0 amide bonds. The van der Waals surface area contributed by atoms with E-state index in [9.17, 15) is 13.2 Å². The molecule has 1 heterocycles. The molecular weight excluding hydrogens is 299 g/mol. The predicted octanol–water partition coefficient (Wildman–Crippen LogP) is 3.82. The van der Waals surface area contributed by atoms with Crippen molar-refractivity contribution in [3.05, 3.63) is 29.8 Å². The summed E-state index contributed by atoms with van der Waals surface area (Å²) < 4.78 is 43.6. The molecule has 0 radical (unpaired) electrons. The SMILES string of the molecule is CCSC[C@H](Oc1ccc(C(F)(F)F)cc1)C1CCNC1. The maximum atomic E-state index is 12.5. The van der Waals surface area contributed by atoms with E-state index < -0.39 is 11.7 Å². The van der Waals surface area contributed by atoms with Crippen LogP contribution in [0.4, 0.5) is 13.2 Å². The quantitative estimate of drug-likeness (QED) is 0.861. The summed E-state index contributed by atoms with van der Waals surface area (Å²) in [5.74, 6) is 2.81. The Bertz CT molecular complexity index is 430. The second-order valence-electron chi connectivity index (χ2n) is 5.09. The lowest BCUT2D eigenvalue weighted by atomic mass is 10.0. The first-order chi connectivity index (χ1) is 10.0. The molecule has 2 rings (SSSR count). The molecule has 1 unspecified atom stereocenters. The summed E-state index contributed by atoms with van der Waals surface area (Å²) in [4.78, 5) is 0. The van der Waals surface area contributed by atoms with Crippen LogP contribution >= 0.6 is 11.8 Å². The lowest BCUT2D eigenvalue weighted by Crippen LogP contribution is -2.31. The number of nitrogens with one attached hydrogen (secondary N) is 1. The molecule has 0 aliphatic carbocycles. The fourth-order valence-corrected chi connectivity index (χ4v) is 3.20. The largest absolute Gasteiger partial charge is 0.489 e. The van der Waals surface area contributed by atoms with Gasteiger partial charge in [0.2, 0.25) is 0 Å². The van der Waals surface area contributed by atoms with Crippen LogP contribution in [0, 0.1) is 5.92 Å². The molecule has 0 saturated carbocycles. The Kier molecular flexibility index (Phi) is 5.81. The van der Waals surface area contributed by atoms with Crippen LogP contribution in [-0.2, 0) is 6.18 Å². The molecule has 1 aromatic carbocycles. The zero-order valence-electron chi connectivity index (χ0n) is 12.0. The molecule has 6 heteroatoms. The van der Waals surface area contributed by atoms with E-state index in [1.54, 1.807) is 11.8 Å². The minimum Gasteiger partial charge on any atom is -0.489 e. The summed E-state index contributed by atoms with van der Waals surface area (Å²) in [6.45, 7) is 3.98. The average Bonchev–Trinajstić information content (AvgIpc) is 2.97. The lowest BCUT2D eigenvalue weighted by molar-refractivity contribution is -0.137. The molecule has 1 aliphatic rings. The topological polar surface area (TPSA) is 21.3 Å². The van der Waals surface area contributed by atoms with Gasteiger partial charge in [0.05, 0.1) is 5.56 Å². The second-order valence-corrected chi connectivity index (χ2v) is 6.41. The minimum absolute atomic E-state index is 0.0432. The van der Waals surface area contributed by atoms with Crippen molar-refractivity contribution < 1.29 is 17.9 Å². The van der Waals surface area contributed by atoms with Crippen molar-refractivity contribution in [1.29, 1.82) is 0 Å². The van der Waals surface area contributed by atoms with Gasteiger partial charge in [0.15, 0.2) is 0 Å². The fraction of sp³-hybridized carbons (Fsp3) is 0.600. The van der Waals surface area contributed by atoms with Gasteiger partial charge in [0.1, 0.15) is 11.9 Å². The maximum absolute atomic E-state index is 12.5. The molecule has 0 bridgehead atoms. The summed E-state index contributed by atoms with van der Waals surface area (Å²) in [6, 6.07) is 4.97. The monoisotopic (exact) mass is 319 g/mol. The van der Waals surface area contributed by atoms with E-state index in [4.69, 9.17) is 4.74 Å². The summed E-state index contributed by atoms with van der Waals surface area (Å²) in [7, 11) is 0. The summed E-state index contributed by atoms with van der Waals surface area (Å²) in [5, 5.41) is 3.31. The van der Waals surface area contributed by atoms with E-state index in [1.165, 1.54) is 12.1 Å². The molecule has 1 saturated heterocycles. The molecule has 118 valence electrons. The highest BCUT2D eigenvalue weighted by molar-refractivity contribution is 7.99. The van der Waals surface area contributed by atoms with Gasteiger partial charge in [-0.15, -0.1) is 0 Å². The highest BCUT2D eigenvalue weighted by Crippen LogP contribution is 2.31. The van der Waals surface area contributed by atoms with Crippen molar-refractivity contribution in [1.82, 2.24) is 5.32 Å². The minimum atomic E-state index is -4.30. The smallest absolute Gasteiger partial charge is 0.416 e. The summed E-state index contributed by atoms with van der Waals surface area (Å²) in [5.41, 5.74) is -0.642. The van der Waals surface area contributed by atoms with Gasteiger partial charge in [-0.25, -0.2) is 0 Å². The van der Waals surface area contributed by atoms with Crippen LogP contribution in [0.25, 0.3) is 0 Å². The van der Waals surface area contributed by atoms with E-state index in [2.05, 4.69) is 12.2 Å². The van der Waals surface area contributed by atoms with Gasteiger partial charge in [0.25, 0.3) is 0 Å². The number of thioether (sulfide) groups is 1. The predicted molar refractivity (Wildman–Crippen MR) is 79.8 cm³/mol. The summed E-state index contributed by atoms with van der Waals surface area (Å²) in [6.07, 6.45) is -3.21. The number of ether oxygens (including phenoxy) is 1. The number of hydrogen-bond acceptors (Lipinski definition) is 3. The van der Waals surface area contributed by atoms with E-state index in [-0.39, 0.29) is 6.10 Å². The molecule has 1 fully saturated rings. The molecule has 2 atom stereocenters. The lowest BCUT2D eigenvalue weighted by Gasteiger charge is -2.24. The van der Waals surface area contributed by atoms with Crippen molar-refractivity contribution in [3.8, 4) is 5.75 Å². The highest BCUT2D eigenvalue weighted by Gasteiger charge is 2.30. The molecule has 1 aliphatic heterocycles. The molecule has 0 spiro atoms. The Morgan fingerprint density at radius 1 is 1.33 bits per heavy atom. The molecular formula is C15H20F3NOS. The van der Waals surface area contributed by atoms with Crippen molar-refractivity contribution in [2.75, 3.05) is 24.6 Å². The zero-order chi connectivity index (χ0) is 15.3. The van der Waals surface area contributed by atoms with Gasteiger partial charge < -0.3 is 10.1 Å². The number of hydrogen-bond donors (Lipinski definition) is 1.